The lowest BCUT2D eigenvalue weighted by Gasteiger charge is -2.12. The number of ether oxygens (including phenoxy) is 1. The highest BCUT2D eigenvalue weighted by Gasteiger charge is 2.01. The number of guanidine groups is 1. The van der Waals surface area contributed by atoms with Crippen LogP contribution in [-0.4, -0.2) is 13.0 Å². The second-order valence-electron chi connectivity index (χ2n) is 6.21. The summed E-state index contributed by atoms with van der Waals surface area (Å²) in [6.07, 6.45) is 0. The molecule has 2 N–H and O–H groups in total. The van der Waals surface area contributed by atoms with Gasteiger partial charge in [0.05, 0.1) is 13.2 Å². The van der Waals surface area contributed by atoms with Crippen LogP contribution in [0.1, 0.15) is 22.3 Å². The zero-order valence-corrected chi connectivity index (χ0v) is 19.1. The first-order chi connectivity index (χ1) is 13.3. The maximum atomic E-state index is 5.83. The average Bonchev–Trinajstić information content (AvgIpc) is 3.23. The number of halogens is 1. The van der Waals surface area contributed by atoms with Crippen LogP contribution in [0.4, 0.5) is 0 Å². The van der Waals surface area contributed by atoms with Gasteiger partial charge in [-0.3, -0.25) is 4.99 Å². The van der Waals surface area contributed by atoms with E-state index in [2.05, 4.69) is 68.9 Å². The highest BCUT2D eigenvalue weighted by atomic mass is 127. The van der Waals surface area contributed by atoms with E-state index in [-0.39, 0.29) is 24.0 Å². The molecule has 0 saturated heterocycles. The summed E-state index contributed by atoms with van der Waals surface area (Å²) in [6, 6.07) is 20.8. The molecule has 148 valence electrons. The Labute approximate surface area is 188 Å². The fourth-order valence-corrected chi connectivity index (χ4v) is 3.34. The van der Waals surface area contributed by atoms with Crippen LogP contribution in [0.2, 0.25) is 0 Å². The third-order valence-corrected chi connectivity index (χ3v) is 4.83. The minimum absolute atomic E-state index is 0. The number of rotatable bonds is 8. The minimum atomic E-state index is 0. The van der Waals surface area contributed by atoms with E-state index in [0.717, 1.165) is 19.0 Å². The van der Waals surface area contributed by atoms with Crippen LogP contribution < -0.4 is 10.6 Å². The van der Waals surface area contributed by atoms with Gasteiger partial charge in [-0.25, -0.2) is 0 Å². The van der Waals surface area contributed by atoms with E-state index in [1.165, 1.54) is 22.3 Å². The first-order valence-corrected chi connectivity index (χ1v) is 9.93. The van der Waals surface area contributed by atoms with Crippen LogP contribution in [0.15, 0.2) is 76.4 Å². The lowest BCUT2D eigenvalue weighted by atomic mass is 10.1. The molecule has 3 aromatic rings. The van der Waals surface area contributed by atoms with E-state index in [4.69, 9.17) is 4.74 Å². The highest BCUT2D eigenvalue weighted by Crippen LogP contribution is 2.09. The molecule has 1 aromatic heterocycles. The first kappa shape index (κ1) is 22.4. The number of hydrogen-bond acceptors (Lipinski definition) is 3. The Morgan fingerprint density at radius 2 is 1.54 bits per heavy atom. The number of aliphatic imine (C=N–C) groups is 1. The summed E-state index contributed by atoms with van der Waals surface area (Å²) < 4.78 is 5.83. The largest absolute Gasteiger partial charge is 0.372 e. The maximum Gasteiger partial charge on any atom is 0.191 e. The van der Waals surface area contributed by atoms with Crippen molar-refractivity contribution in [3.05, 3.63) is 93.7 Å². The summed E-state index contributed by atoms with van der Waals surface area (Å²) in [5.74, 6) is 0.798. The SMILES string of the molecule is CN=C(NCc1ccsc1)NCc1cccc(COCc2ccccc2)c1.I. The highest BCUT2D eigenvalue weighted by molar-refractivity contribution is 14.0. The molecule has 0 saturated carbocycles. The van der Waals surface area contributed by atoms with Gasteiger partial charge in [0.25, 0.3) is 0 Å². The van der Waals surface area contributed by atoms with E-state index in [9.17, 15) is 0 Å². The van der Waals surface area contributed by atoms with Crippen molar-refractivity contribution in [1.29, 1.82) is 0 Å². The average molecular weight is 507 g/mol. The van der Waals surface area contributed by atoms with E-state index in [1.54, 1.807) is 18.4 Å². The topological polar surface area (TPSA) is 45.7 Å². The Balaban J connectivity index is 0.00000280. The van der Waals surface area contributed by atoms with Gasteiger partial charge in [-0.05, 0) is 39.1 Å². The molecule has 0 spiro atoms. The fourth-order valence-electron chi connectivity index (χ4n) is 2.68. The lowest BCUT2D eigenvalue weighted by molar-refractivity contribution is 0.107. The first-order valence-electron chi connectivity index (χ1n) is 8.98. The molecule has 0 radical (unpaired) electrons. The molecule has 1 heterocycles. The van der Waals surface area contributed by atoms with Crippen molar-refractivity contribution in [3.63, 3.8) is 0 Å². The predicted molar refractivity (Wildman–Crippen MR) is 128 cm³/mol. The zero-order chi connectivity index (χ0) is 18.7. The molecule has 0 bridgehead atoms. The van der Waals surface area contributed by atoms with Gasteiger partial charge in [-0.2, -0.15) is 11.3 Å². The smallest absolute Gasteiger partial charge is 0.191 e. The van der Waals surface area contributed by atoms with Crippen LogP contribution in [0.3, 0.4) is 0 Å². The molecular weight excluding hydrogens is 481 g/mol. The normalized spacial score (nSPS) is 11.0. The van der Waals surface area contributed by atoms with Crippen molar-refractivity contribution in [2.24, 2.45) is 4.99 Å². The number of benzene rings is 2. The van der Waals surface area contributed by atoms with E-state index in [0.29, 0.717) is 13.2 Å². The molecule has 2 aromatic carbocycles. The molecule has 0 aliphatic rings. The number of nitrogens with zero attached hydrogens (tertiary/aromatic N) is 1. The summed E-state index contributed by atoms with van der Waals surface area (Å²) >= 11 is 1.70. The number of thiophene rings is 1. The minimum Gasteiger partial charge on any atom is -0.372 e. The quantitative estimate of drug-likeness (QED) is 0.258. The molecule has 0 fully saturated rings. The summed E-state index contributed by atoms with van der Waals surface area (Å²) in [6.45, 7) is 2.72. The Bertz CT molecular complexity index is 838. The molecule has 0 aliphatic carbocycles. The molecule has 0 amide bonds. The monoisotopic (exact) mass is 507 g/mol. The van der Waals surface area contributed by atoms with E-state index >= 15 is 0 Å². The van der Waals surface area contributed by atoms with E-state index < -0.39 is 0 Å². The summed E-state index contributed by atoms with van der Waals surface area (Å²) in [5, 5.41) is 10.9. The zero-order valence-electron chi connectivity index (χ0n) is 15.9. The van der Waals surface area contributed by atoms with Gasteiger partial charge < -0.3 is 15.4 Å². The van der Waals surface area contributed by atoms with Crippen molar-refractivity contribution < 1.29 is 4.74 Å². The van der Waals surface area contributed by atoms with Crippen molar-refractivity contribution in [2.45, 2.75) is 26.3 Å². The Kier molecular flexibility index (Phi) is 10.0. The lowest BCUT2D eigenvalue weighted by Crippen LogP contribution is -2.36. The summed E-state index contributed by atoms with van der Waals surface area (Å²) in [4.78, 5) is 4.28. The van der Waals surface area contributed by atoms with Crippen LogP contribution in [-0.2, 0) is 31.0 Å². The van der Waals surface area contributed by atoms with E-state index in [1.807, 2.05) is 18.2 Å². The van der Waals surface area contributed by atoms with Gasteiger partial charge in [0, 0.05) is 20.1 Å². The maximum absolute atomic E-state index is 5.83. The Morgan fingerprint density at radius 1 is 0.857 bits per heavy atom. The molecule has 0 unspecified atom stereocenters. The van der Waals surface area contributed by atoms with Gasteiger partial charge in [-0.15, -0.1) is 24.0 Å². The standard InChI is InChI=1S/C22H25N3OS.HI/c1-23-22(25-14-21-10-11-27-17-21)24-13-19-8-5-9-20(12-19)16-26-15-18-6-3-2-4-7-18;/h2-12,17H,13-16H2,1H3,(H2,23,24,25);1H. The van der Waals surface area contributed by atoms with Crippen LogP contribution >= 0.6 is 35.3 Å². The van der Waals surface area contributed by atoms with Crippen LogP contribution in [0.5, 0.6) is 0 Å². The number of hydrogen-bond donors (Lipinski definition) is 2. The van der Waals surface area contributed by atoms with Crippen molar-refractivity contribution >= 4 is 41.3 Å². The number of nitrogens with one attached hydrogen (secondary N) is 2. The van der Waals surface area contributed by atoms with Gasteiger partial charge in [0.2, 0.25) is 0 Å². The molecule has 6 heteroatoms. The molecule has 3 rings (SSSR count). The fraction of sp³-hybridized carbons (Fsp3) is 0.227. The second-order valence-corrected chi connectivity index (χ2v) is 6.99. The van der Waals surface area contributed by atoms with Gasteiger partial charge >= 0.3 is 0 Å². The molecular formula is C22H26IN3OS. The van der Waals surface area contributed by atoms with Crippen molar-refractivity contribution in [1.82, 2.24) is 10.6 Å². The summed E-state index contributed by atoms with van der Waals surface area (Å²) in [5.41, 5.74) is 4.83. The van der Waals surface area contributed by atoms with Gasteiger partial charge in [0.1, 0.15) is 0 Å². The van der Waals surface area contributed by atoms with Crippen molar-refractivity contribution in [3.8, 4) is 0 Å². The molecule has 4 nitrogen and oxygen atoms in total. The van der Waals surface area contributed by atoms with Crippen LogP contribution in [0.25, 0.3) is 0 Å². The second kappa shape index (κ2) is 12.5. The van der Waals surface area contributed by atoms with Crippen molar-refractivity contribution in [2.75, 3.05) is 7.05 Å². The van der Waals surface area contributed by atoms with Gasteiger partial charge in [-0.1, -0.05) is 54.6 Å². The molecule has 0 aliphatic heterocycles. The Hall–Kier alpha value is -1.90. The third-order valence-electron chi connectivity index (χ3n) is 4.10. The van der Waals surface area contributed by atoms with Crippen LogP contribution in [0, 0.1) is 0 Å². The predicted octanol–water partition coefficient (Wildman–Crippen LogP) is 4.95. The molecule has 28 heavy (non-hydrogen) atoms. The molecule has 0 atom stereocenters. The third kappa shape index (κ3) is 7.61. The summed E-state index contributed by atoms with van der Waals surface area (Å²) in [7, 11) is 1.79. The Morgan fingerprint density at radius 3 is 2.25 bits per heavy atom. The van der Waals surface area contributed by atoms with Gasteiger partial charge in [0.15, 0.2) is 5.96 Å².